The molecule has 15 heavy (non-hydrogen) atoms. The standard InChI is InChI=1S/C14H26O/c1-10(2)13-6-5-11(3)9-14(13)12(4)7-8-15/h7,10-11,13-15H,5-6,8-9H2,1-4H3. The molecule has 1 saturated carbocycles. The van der Waals surface area contributed by atoms with Gasteiger partial charge in [-0.05, 0) is 43.4 Å². The van der Waals surface area contributed by atoms with Crippen LogP contribution in [-0.2, 0) is 0 Å². The van der Waals surface area contributed by atoms with E-state index in [-0.39, 0.29) is 6.61 Å². The lowest BCUT2D eigenvalue weighted by atomic mass is 9.67. The smallest absolute Gasteiger partial charge is 0.0615 e. The average molecular weight is 210 g/mol. The fourth-order valence-corrected chi connectivity index (χ4v) is 3.02. The van der Waals surface area contributed by atoms with E-state index in [1.165, 1.54) is 24.8 Å². The highest BCUT2D eigenvalue weighted by molar-refractivity contribution is 5.07. The van der Waals surface area contributed by atoms with Gasteiger partial charge in [-0.15, -0.1) is 0 Å². The zero-order valence-corrected chi connectivity index (χ0v) is 10.7. The zero-order chi connectivity index (χ0) is 11.4. The van der Waals surface area contributed by atoms with Gasteiger partial charge < -0.3 is 5.11 Å². The second-order valence-electron chi connectivity index (χ2n) is 5.56. The number of aliphatic hydroxyl groups excluding tert-OH is 1. The molecule has 0 saturated heterocycles. The van der Waals surface area contributed by atoms with E-state index in [4.69, 9.17) is 5.11 Å². The van der Waals surface area contributed by atoms with Crippen molar-refractivity contribution in [3.8, 4) is 0 Å². The molecular weight excluding hydrogens is 184 g/mol. The second kappa shape index (κ2) is 5.69. The van der Waals surface area contributed by atoms with Gasteiger partial charge in [-0.2, -0.15) is 0 Å². The fourth-order valence-electron chi connectivity index (χ4n) is 3.02. The van der Waals surface area contributed by atoms with Gasteiger partial charge in [0.15, 0.2) is 0 Å². The van der Waals surface area contributed by atoms with Gasteiger partial charge in [-0.3, -0.25) is 0 Å². The second-order valence-corrected chi connectivity index (χ2v) is 5.56. The summed E-state index contributed by atoms with van der Waals surface area (Å²) in [5.41, 5.74) is 1.41. The largest absolute Gasteiger partial charge is 0.392 e. The van der Waals surface area contributed by atoms with Crippen LogP contribution in [0.2, 0.25) is 0 Å². The van der Waals surface area contributed by atoms with Crippen LogP contribution in [0.3, 0.4) is 0 Å². The number of rotatable bonds is 3. The molecule has 3 unspecified atom stereocenters. The molecular formula is C14H26O. The lowest BCUT2D eigenvalue weighted by molar-refractivity contribution is 0.169. The van der Waals surface area contributed by atoms with E-state index in [9.17, 15) is 0 Å². The molecule has 0 radical (unpaired) electrons. The molecule has 0 aromatic heterocycles. The summed E-state index contributed by atoms with van der Waals surface area (Å²) < 4.78 is 0. The summed E-state index contributed by atoms with van der Waals surface area (Å²) in [7, 11) is 0. The number of allylic oxidation sites excluding steroid dienone is 1. The molecule has 0 aliphatic heterocycles. The van der Waals surface area contributed by atoms with Crippen molar-refractivity contribution in [1.82, 2.24) is 0 Å². The first kappa shape index (κ1) is 12.8. The molecule has 1 rings (SSSR count). The van der Waals surface area contributed by atoms with Crippen molar-refractivity contribution in [3.05, 3.63) is 11.6 Å². The van der Waals surface area contributed by atoms with Crippen LogP contribution >= 0.6 is 0 Å². The first-order valence-corrected chi connectivity index (χ1v) is 6.33. The molecule has 1 nitrogen and oxygen atoms in total. The van der Waals surface area contributed by atoms with E-state index >= 15 is 0 Å². The summed E-state index contributed by atoms with van der Waals surface area (Å²) in [6.07, 6.45) is 6.05. The van der Waals surface area contributed by atoms with Crippen LogP contribution < -0.4 is 0 Å². The van der Waals surface area contributed by atoms with Gasteiger partial charge in [0.25, 0.3) is 0 Å². The maximum Gasteiger partial charge on any atom is 0.0615 e. The molecule has 0 spiro atoms. The maximum atomic E-state index is 8.98. The van der Waals surface area contributed by atoms with Gasteiger partial charge in [-0.1, -0.05) is 38.8 Å². The third-order valence-electron chi connectivity index (χ3n) is 4.02. The van der Waals surface area contributed by atoms with Crippen LogP contribution in [0, 0.1) is 23.7 Å². The normalized spacial score (nSPS) is 33.5. The van der Waals surface area contributed by atoms with Crippen molar-refractivity contribution in [2.45, 2.75) is 47.0 Å². The van der Waals surface area contributed by atoms with Crippen LogP contribution in [0.5, 0.6) is 0 Å². The lowest BCUT2D eigenvalue weighted by Gasteiger charge is -2.38. The summed E-state index contributed by atoms with van der Waals surface area (Å²) in [4.78, 5) is 0. The molecule has 0 bridgehead atoms. The Balaban J connectivity index is 2.74. The highest BCUT2D eigenvalue weighted by Crippen LogP contribution is 2.41. The van der Waals surface area contributed by atoms with E-state index in [1.54, 1.807) is 0 Å². The zero-order valence-electron chi connectivity index (χ0n) is 10.7. The van der Waals surface area contributed by atoms with Gasteiger partial charge in [0, 0.05) is 0 Å². The Morgan fingerprint density at radius 3 is 2.60 bits per heavy atom. The molecule has 0 amide bonds. The van der Waals surface area contributed by atoms with E-state index in [1.807, 2.05) is 6.08 Å². The predicted molar refractivity (Wildman–Crippen MR) is 65.7 cm³/mol. The molecule has 0 heterocycles. The van der Waals surface area contributed by atoms with E-state index in [0.717, 1.165) is 17.8 Å². The van der Waals surface area contributed by atoms with Crippen molar-refractivity contribution in [3.63, 3.8) is 0 Å². The van der Waals surface area contributed by atoms with E-state index < -0.39 is 0 Å². The SMILES string of the molecule is CC(=CCO)C1CC(C)CCC1C(C)C. The topological polar surface area (TPSA) is 20.2 Å². The van der Waals surface area contributed by atoms with Crippen molar-refractivity contribution >= 4 is 0 Å². The molecule has 88 valence electrons. The Morgan fingerprint density at radius 2 is 2.07 bits per heavy atom. The van der Waals surface area contributed by atoms with Gasteiger partial charge in [0.2, 0.25) is 0 Å². The minimum absolute atomic E-state index is 0.196. The Hall–Kier alpha value is -0.300. The minimum atomic E-state index is 0.196. The quantitative estimate of drug-likeness (QED) is 0.705. The van der Waals surface area contributed by atoms with Crippen molar-refractivity contribution < 1.29 is 5.11 Å². The molecule has 1 N–H and O–H groups in total. The first-order chi connectivity index (χ1) is 7.06. The molecule has 0 aromatic rings. The van der Waals surface area contributed by atoms with Crippen LogP contribution in [0.1, 0.15) is 47.0 Å². The highest BCUT2D eigenvalue weighted by Gasteiger charge is 2.31. The van der Waals surface area contributed by atoms with Gasteiger partial charge in [0.05, 0.1) is 6.61 Å². The number of hydrogen-bond acceptors (Lipinski definition) is 1. The lowest BCUT2D eigenvalue weighted by Crippen LogP contribution is -2.28. The predicted octanol–water partition coefficient (Wildman–Crippen LogP) is 3.63. The Bertz CT molecular complexity index is 217. The van der Waals surface area contributed by atoms with E-state index in [0.29, 0.717) is 5.92 Å². The van der Waals surface area contributed by atoms with Crippen LogP contribution in [0.25, 0.3) is 0 Å². The Kier molecular flexibility index (Phi) is 4.85. The highest BCUT2D eigenvalue weighted by atomic mass is 16.2. The molecule has 1 aliphatic carbocycles. The average Bonchev–Trinajstić information content (AvgIpc) is 2.17. The van der Waals surface area contributed by atoms with Crippen LogP contribution in [-0.4, -0.2) is 11.7 Å². The maximum absolute atomic E-state index is 8.98. The minimum Gasteiger partial charge on any atom is -0.392 e. The van der Waals surface area contributed by atoms with Gasteiger partial charge in [-0.25, -0.2) is 0 Å². The van der Waals surface area contributed by atoms with Gasteiger partial charge in [0.1, 0.15) is 0 Å². The third kappa shape index (κ3) is 3.34. The van der Waals surface area contributed by atoms with Crippen molar-refractivity contribution in [1.29, 1.82) is 0 Å². The fraction of sp³-hybridized carbons (Fsp3) is 0.857. The van der Waals surface area contributed by atoms with Crippen molar-refractivity contribution in [2.24, 2.45) is 23.7 Å². The molecule has 0 aromatic carbocycles. The summed E-state index contributed by atoms with van der Waals surface area (Å²) in [6, 6.07) is 0. The number of hydrogen-bond donors (Lipinski definition) is 1. The summed E-state index contributed by atoms with van der Waals surface area (Å²) in [6.45, 7) is 9.41. The summed E-state index contributed by atoms with van der Waals surface area (Å²) in [5, 5.41) is 8.98. The number of aliphatic hydroxyl groups is 1. The molecule has 1 heteroatoms. The van der Waals surface area contributed by atoms with Crippen molar-refractivity contribution in [2.75, 3.05) is 6.61 Å². The monoisotopic (exact) mass is 210 g/mol. The van der Waals surface area contributed by atoms with E-state index in [2.05, 4.69) is 27.7 Å². The Labute approximate surface area is 94.6 Å². The Morgan fingerprint density at radius 1 is 1.40 bits per heavy atom. The molecule has 1 aliphatic rings. The van der Waals surface area contributed by atoms with Crippen LogP contribution in [0.4, 0.5) is 0 Å². The van der Waals surface area contributed by atoms with Crippen LogP contribution in [0.15, 0.2) is 11.6 Å². The molecule has 1 fully saturated rings. The first-order valence-electron chi connectivity index (χ1n) is 6.33. The molecule has 3 atom stereocenters. The van der Waals surface area contributed by atoms with Gasteiger partial charge >= 0.3 is 0 Å². The summed E-state index contributed by atoms with van der Waals surface area (Å²) in [5.74, 6) is 3.15. The third-order valence-corrected chi connectivity index (χ3v) is 4.02. The summed E-state index contributed by atoms with van der Waals surface area (Å²) >= 11 is 0.